The molecule has 1 aromatic heterocycles. The number of rotatable bonds is 2. The van der Waals surface area contributed by atoms with E-state index in [-0.39, 0.29) is 18.4 Å². The fourth-order valence-electron chi connectivity index (χ4n) is 2.11. The summed E-state index contributed by atoms with van der Waals surface area (Å²) in [4.78, 5) is 16.1. The number of halogens is 1. The normalized spacial score (nSPS) is 17.8. The van der Waals surface area contributed by atoms with Crippen LogP contribution in [0.4, 0.5) is 0 Å². The van der Waals surface area contributed by atoms with Crippen LogP contribution in [0, 0.1) is 0 Å². The molecule has 110 valence electrons. The fraction of sp³-hybridized carbons (Fsp3) is 0.0667. The first-order valence-electron chi connectivity index (χ1n) is 6.36. The second-order valence-corrected chi connectivity index (χ2v) is 5.39. The molecule has 0 amide bonds. The van der Waals surface area contributed by atoms with Gasteiger partial charge in [0.1, 0.15) is 0 Å². The highest BCUT2D eigenvalue weighted by Crippen LogP contribution is 2.38. The van der Waals surface area contributed by atoms with E-state index in [0.29, 0.717) is 17.3 Å². The molecule has 4 rings (SSSR count). The molecule has 0 atom stereocenters. The summed E-state index contributed by atoms with van der Waals surface area (Å²) in [6.07, 6.45) is 3.10. The van der Waals surface area contributed by atoms with Gasteiger partial charge in [-0.1, -0.05) is 15.9 Å². The number of cyclic esters (lactones) is 1. The Morgan fingerprint density at radius 1 is 1.23 bits per heavy atom. The van der Waals surface area contributed by atoms with Crippen molar-refractivity contribution < 1.29 is 23.4 Å². The summed E-state index contributed by atoms with van der Waals surface area (Å²) in [6, 6.07) is 6.92. The molecule has 0 bridgehead atoms. The van der Waals surface area contributed by atoms with E-state index in [4.69, 9.17) is 18.6 Å². The van der Waals surface area contributed by atoms with Crippen LogP contribution in [-0.4, -0.2) is 18.7 Å². The molecule has 2 aliphatic rings. The topological polar surface area (TPSA) is 70.3 Å². The molecule has 2 aromatic rings. The van der Waals surface area contributed by atoms with Crippen molar-refractivity contribution in [3.63, 3.8) is 0 Å². The number of esters is 1. The molecule has 7 heteroatoms. The molecule has 0 fully saturated rings. The minimum absolute atomic E-state index is 0.151. The molecule has 0 spiro atoms. The minimum Gasteiger partial charge on any atom is -0.459 e. The number of carbonyl (C=O) groups excluding carboxylic acids is 1. The average Bonchev–Trinajstić information content (AvgIpc) is 3.21. The van der Waals surface area contributed by atoms with E-state index in [1.165, 1.54) is 6.26 Å². The fourth-order valence-corrected chi connectivity index (χ4v) is 2.54. The molecular formula is C15H8BrNO5. The molecule has 0 saturated heterocycles. The van der Waals surface area contributed by atoms with E-state index in [0.717, 1.165) is 10.0 Å². The summed E-state index contributed by atoms with van der Waals surface area (Å²) in [6.45, 7) is 0.185. The SMILES string of the molecule is O=C1OC(c2ccco2)=N/C1=C/c1cc2c(cc1Br)OCO2. The zero-order chi connectivity index (χ0) is 15.1. The summed E-state index contributed by atoms with van der Waals surface area (Å²) < 4.78 is 21.6. The van der Waals surface area contributed by atoms with E-state index in [2.05, 4.69) is 20.9 Å². The van der Waals surface area contributed by atoms with Crippen molar-refractivity contribution in [2.24, 2.45) is 4.99 Å². The lowest BCUT2D eigenvalue weighted by Gasteiger charge is -2.01. The van der Waals surface area contributed by atoms with E-state index >= 15 is 0 Å². The quantitative estimate of drug-likeness (QED) is 0.607. The molecule has 1 aromatic carbocycles. The molecule has 0 saturated carbocycles. The highest BCUT2D eigenvalue weighted by Gasteiger charge is 2.26. The number of furan rings is 1. The van der Waals surface area contributed by atoms with Gasteiger partial charge in [-0.3, -0.25) is 0 Å². The Balaban J connectivity index is 1.72. The second-order valence-electron chi connectivity index (χ2n) is 4.54. The first-order chi connectivity index (χ1) is 10.7. The van der Waals surface area contributed by atoms with Crippen molar-refractivity contribution in [1.29, 1.82) is 0 Å². The molecule has 6 nitrogen and oxygen atoms in total. The molecule has 0 radical (unpaired) electrons. The highest BCUT2D eigenvalue weighted by molar-refractivity contribution is 9.10. The number of carbonyl (C=O) groups is 1. The van der Waals surface area contributed by atoms with Gasteiger partial charge < -0.3 is 18.6 Å². The van der Waals surface area contributed by atoms with Crippen molar-refractivity contribution in [3.8, 4) is 11.5 Å². The number of hydrogen-bond donors (Lipinski definition) is 0. The van der Waals surface area contributed by atoms with Gasteiger partial charge in [0.15, 0.2) is 23.0 Å². The predicted molar refractivity (Wildman–Crippen MR) is 79.6 cm³/mol. The Bertz CT molecular complexity index is 823. The Hall–Kier alpha value is -2.54. The van der Waals surface area contributed by atoms with E-state index in [9.17, 15) is 4.79 Å². The monoisotopic (exact) mass is 361 g/mol. The third-order valence-corrected chi connectivity index (χ3v) is 3.82. The standard InChI is InChI=1S/C15H8BrNO5/c16-9-6-13-12(20-7-21-13)5-8(9)4-10-15(18)22-14(17-10)11-2-1-3-19-11/h1-6H,7H2/b10-4+. The molecular weight excluding hydrogens is 354 g/mol. The van der Waals surface area contributed by atoms with E-state index in [1.807, 2.05) is 0 Å². The van der Waals surface area contributed by atoms with Crippen LogP contribution < -0.4 is 9.47 Å². The number of benzene rings is 1. The average molecular weight is 362 g/mol. The molecule has 22 heavy (non-hydrogen) atoms. The number of hydrogen-bond acceptors (Lipinski definition) is 6. The Morgan fingerprint density at radius 3 is 2.82 bits per heavy atom. The van der Waals surface area contributed by atoms with E-state index in [1.54, 1.807) is 30.3 Å². The van der Waals surface area contributed by atoms with Gasteiger partial charge in [-0.25, -0.2) is 9.79 Å². The van der Waals surface area contributed by atoms with E-state index < -0.39 is 5.97 Å². The van der Waals surface area contributed by atoms with Crippen LogP contribution in [0.3, 0.4) is 0 Å². The molecule has 0 N–H and O–H groups in total. The summed E-state index contributed by atoms with van der Waals surface area (Å²) in [5.74, 6) is 1.30. The van der Waals surface area contributed by atoms with Gasteiger partial charge in [-0.2, -0.15) is 0 Å². The van der Waals surface area contributed by atoms with Crippen molar-refractivity contribution in [3.05, 3.63) is 52.0 Å². The Kier molecular flexibility index (Phi) is 3.00. The minimum atomic E-state index is -0.532. The van der Waals surface area contributed by atoms with Crippen molar-refractivity contribution in [2.75, 3.05) is 6.79 Å². The van der Waals surface area contributed by atoms with Gasteiger partial charge in [0.25, 0.3) is 5.90 Å². The number of fused-ring (bicyclic) bond motifs is 1. The van der Waals surface area contributed by atoms with Crippen molar-refractivity contribution in [1.82, 2.24) is 0 Å². The first-order valence-corrected chi connectivity index (χ1v) is 7.15. The first kappa shape index (κ1) is 13.1. The Labute approximate surface area is 133 Å². The molecule has 0 unspecified atom stereocenters. The number of aliphatic imine (C=N–C) groups is 1. The van der Waals surface area contributed by atoms with Gasteiger partial charge >= 0.3 is 5.97 Å². The van der Waals surface area contributed by atoms with Gasteiger partial charge in [-0.05, 0) is 35.9 Å². The smallest absolute Gasteiger partial charge is 0.363 e. The zero-order valence-electron chi connectivity index (χ0n) is 11.0. The van der Waals surface area contributed by atoms with Gasteiger partial charge in [-0.15, -0.1) is 0 Å². The lowest BCUT2D eigenvalue weighted by molar-refractivity contribution is -0.130. The highest BCUT2D eigenvalue weighted by atomic mass is 79.9. The summed E-state index contributed by atoms with van der Waals surface area (Å²) in [7, 11) is 0. The number of ether oxygens (including phenoxy) is 3. The van der Waals surface area contributed by atoms with Gasteiger partial charge in [0.2, 0.25) is 6.79 Å². The van der Waals surface area contributed by atoms with Crippen LogP contribution in [0.1, 0.15) is 11.3 Å². The molecule has 3 heterocycles. The summed E-state index contributed by atoms with van der Waals surface area (Å²) in [5, 5.41) is 0. The van der Waals surface area contributed by atoms with Crippen LogP contribution in [0.15, 0.2) is 50.1 Å². The third-order valence-electron chi connectivity index (χ3n) is 3.14. The van der Waals surface area contributed by atoms with Crippen LogP contribution >= 0.6 is 15.9 Å². The largest absolute Gasteiger partial charge is 0.459 e. The maximum atomic E-state index is 11.9. The molecule has 2 aliphatic heterocycles. The van der Waals surface area contributed by atoms with Crippen LogP contribution in [-0.2, 0) is 9.53 Å². The maximum absolute atomic E-state index is 11.9. The maximum Gasteiger partial charge on any atom is 0.363 e. The van der Waals surface area contributed by atoms with Crippen LogP contribution in [0.5, 0.6) is 11.5 Å². The lowest BCUT2D eigenvalue weighted by Crippen LogP contribution is -2.04. The lowest BCUT2D eigenvalue weighted by atomic mass is 10.1. The summed E-state index contributed by atoms with van der Waals surface area (Å²) in [5.41, 5.74) is 0.923. The van der Waals surface area contributed by atoms with Gasteiger partial charge in [0.05, 0.1) is 6.26 Å². The third kappa shape index (κ3) is 2.19. The second kappa shape index (κ2) is 5.03. The van der Waals surface area contributed by atoms with Crippen molar-refractivity contribution in [2.45, 2.75) is 0 Å². The number of nitrogens with zero attached hydrogens (tertiary/aromatic N) is 1. The molecule has 0 aliphatic carbocycles. The van der Waals surface area contributed by atoms with Gasteiger partial charge in [0, 0.05) is 4.47 Å². The predicted octanol–water partition coefficient (Wildman–Crippen LogP) is 3.12. The van der Waals surface area contributed by atoms with Crippen molar-refractivity contribution >= 4 is 33.9 Å². The summed E-state index contributed by atoms with van der Waals surface area (Å²) >= 11 is 3.43. The van der Waals surface area contributed by atoms with Crippen LogP contribution in [0.25, 0.3) is 6.08 Å². The Morgan fingerprint density at radius 2 is 2.05 bits per heavy atom. The zero-order valence-corrected chi connectivity index (χ0v) is 12.6. The van der Waals surface area contributed by atoms with Crippen LogP contribution in [0.2, 0.25) is 0 Å².